The fourth-order valence-electron chi connectivity index (χ4n) is 4.29. The highest BCUT2D eigenvalue weighted by Gasteiger charge is 2.30. The number of nitrogens with one attached hydrogen (secondary N) is 2. The summed E-state index contributed by atoms with van der Waals surface area (Å²) in [5, 5.41) is 3.66. The van der Waals surface area contributed by atoms with Crippen LogP contribution >= 0.6 is 11.8 Å². The Morgan fingerprint density at radius 2 is 2.00 bits per heavy atom. The van der Waals surface area contributed by atoms with Crippen molar-refractivity contribution in [3.05, 3.63) is 39.9 Å². The molecule has 208 valence electrons. The van der Waals surface area contributed by atoms with Gasteiger partial charge in [-0.3, -0.25) is 14.6 Å². The number of likely N-dealkylation sites (tertiary alicyclic amines) is 1. The third-order valence-electron chi connectivity index (χ3n) is 6.13. The smallest absolute Gasteiger partial charge is 0.408 e. The molecule has 0 aliphatic carbocycles. The third kappa shape index (κ3) is 8.64. The van der Waals surface area contributed by atoms with Crippen molar-refractivity contribution in [2.24, 2.45) is 16.5 Å². The molecule has 12 heteroatoms. The first-order valence-corrected chi connectivity index (χ1v) is 13.9. The second-order valence-corrected chi connectivity index (χ2v) is 11.8. The lowest BCUT2D eigenvalue weighted by molar-refractivity contribution is -0.134. The summed E-state index contributed by atoms with van der Waals surface area (Å²) in [5.41, 5.74) is 11.7. The number of thioether (sulfide) groups is 1. The molecule has 2 amide bonds. The van der Waals surface area contributed by atoms with Gasteiger partial charge in [0.1, 0.15) is 17.5 Å². The summed E-state index contributed by atoms with van der Waals surface area (Å²) in [6.07, 6.45) is 1.91. The molecule has 1 atom stereocenters. The summed E-state index contributed by atoms with van der Waals surface area (Å²) in [5.74, 6) is 1.10. The molecule has 0 unspecified atom stereocenters. The number of aromatic nitrogens is 2. The molecule has 1 aliphatic rings. The highest BCUT2D eigenvalue weighted by Crippen LogP contribution is 2.26. The molecule has 1 aliphatic heterocycles. The van der Waals surface area contributed by atoms with E-state index in [0.29, 0.717) is 54.7 Å². The first-order valence-electron chi connectivity index (χ1n) is 12.9. The number of nitrogens with zero attached hydrogens (tertiary/aromatic N) is 3. The van der Waals surface area contributed by atoms with Gasteiger partial charge in [0.2, 0.25) is 5.91 Å². The molecule has 6 N–H and O–H groups in total. The fraction of sp³-hybridized carbons (Fsp3) is 0.577. The Kier molecular flexibility index (Phi) is 10.0. The summed E-state index contributed by atoms with van der Waals surface area (Å²) >= 11 is 1.73. The summed E-state index contributed by atoms with van der Waals surface area (Å²) in [4.78, 5) is 51.5. The van der Waals surface area contributed by atoms with Crippen molar-refractivity contribution in [1.29, 1.82) is 0 Å². The van der Waals surface area contributed by atoms with Crippen LogP contribution in [0.4, 0.5) is 4.79 Å². The van der Waals surface area contributed by atoms with E-state index in [2.05, 4.69) is 20.3 Å². The van der Waals surface area contributed by atoms with Crippen LogP contribution in [0.5, 0.6) is 0 Å². The molecule has 3 rings (SSSR count). The topological polar surface area (TPSA) is 169 Å². The monoisotopic (exact) mass is 545 g/mol. The summed E-state index contributed by atoms with van der Waals surface area (Å²) < 4.78 is 5.36. The number of nitrogens with two attached hydrogens (primary N) is 2. The summed E-state index contributed by atoms with van der Waals surface area (Å²) in [6.45, 7) is 8.79. The lowest BCUT2D eigenvalue weighted by Gasteiger charge is -2.34. The second-order valence-electron chi connectivity index (χ2n) is 10.5. The zero-order valence-corrected chi connectivity index (χ0v) is 23.4. The fourth-order valence-corrected chi connectivity index (χ4v) is 5.37. The maximum absolute atomic E-state index is 13.3. The number of fused-ring (bicyclic) bond motifs is 1. The zero-order valence-electron chi connectivity index (χ0n) is 22.6. The average molecular weight is 546 g/mol. The van der Waals surface area contributed by atoms with E-state index in [0.717, 1.165) is 23.9 Å². The van der Waals surface area contributed by atoms with E-state index in [-0.39, 0.29) is 17.4 Å². The standard InChI is InChI=1S/C26H39N7O4S/c1-16-7-5-8-18-21(16)31-20(32-22(18)34)15-38-17-10-13-33(14-11-17)23(35)19(9-6-12-29-24(27)28)30-25(36)37-26(2,3)4/h5,7-8,17,19H,6,9-15H2,1-4H3,(H,30,36)(H4,27,28,29)(H,31,32,34)/t19-/m1/s1. The first-order chi connectivity index (χ1) is 17.9. The number of aliphatic imine (C=N–C) groups is 1. The Morgan fingerprint density at radius 1 is 1.29 bits per heavy atom. The van der Waals surface area contributed by atoms with E-state index in [1.807, 2.05) is 19.1 Å². The van der Waals surface area contributed by atoms with Crippen molar-refractivity contribution in [3.8, 4) is 0 Å². The van der Waals surface area contributed by atoms with Gasteiger partial charge in [0, 0.05) is 24.9 Å². The molecular formula is C26H39N7O4S. The van der Waals surface area contributed by atoms with Gasteiger partial charge in [-0.25, -0.2) is 9.78 Å². The number of benzene rings is 1. The normalized spacial score (nSPS) is 15.2. The highest BCUT2D eigenvalue weighted by atomic mass is 32.2. The molecule has 2 aromatic rings. The molecule has 0 radical (unpaired) electrons. The predicted molar refractivity (Wildman–Crippen MR) is 151 cm³/mol. The summed E-state index contributed by atoms with van der Waals surface area (Å²) in [6, 6.07) is 4.86. The van der Waals surface area contributed by atoms with E-state index in [9.17, 15) is 14.4 Å². The maximum Gasteiger partial charge on any atom is 0.408 e. The molecule has 0 bridgehead atoms. The lowest BCUT2D eigenvalue weighted by Crippen LogP contribution is -2.51. The van der Waals surface area contributed by atoms with Crippen molar-refractivity contribution in [2.45, 2.75) is 76.0 Å². The number of piperidine rings is 1. The zero-order chi connectivity index (χ0) is 27.9. The van der Waals surface area contributed by atoms with Crippen LogP contribution in [0.2, 0.25) is 0 Å². The van der Waals surface area contributed by atoms with Gasteiger partial charge in [0.05, 0.1) is 16.7 Å². The lowest BCUT2D eigenvalue weighted by atomic mass is 10.1. The molecular weight excluding hydrogens is 506 g/mol. The average Bonchev–Trinajstić information content (AvgIpc) is 2.84. The van der Waals surface area contributed by atoms with Crippen LogP contribution in [0.1, 0.15) is 57.8 Å². The number of rotatable bonds is 9. The third-order valence-corrected chi connectivity index (χ3v) is 7.51. The Hall–Kier alpha value is -3.28. The molecule has 0 spiro atoms. The van der Waals surface area contributed by atoms with Gasteiger partial charge in [0.15, 0.2) is 5.96 Å². The molecule has 1 saturated heterocycles. The molecule has 0 saturated carbocycles. The van der Waals surface area contributed by atoms with Crippen LogP contribution in [0, 0.1) is 6.92 Å². The number of alkyl carbamates (subject to hydrolysis) is 1. The minimum Gasteiger partial charge on any atom is -0.444 e. The number of amides is 2. The van der Waals surface area contributed by atoms with Crippen LogP contribution in [-0.2, 0) is 15.3 Å². The van der Waals surface area contributed by atoms with Crippen LogP contribution in [0.15, 0.2) is 28.0 Å². The van der Waals surface area contributed by atoms with Gasteiger partial charge in [0.25, 0.3) is 5.56 Å². The van der Waals surface area contributed by atoms with Gasteiger partial charge in [-0.15, -0.1) is 0 Å². The predicted octanol–water partition coefficient (Wildman–Crippen LogP) is 2.40. The molecule has 1 fully saturated rings. The Morgan fingerprint density at radius 3 is 2.66 bits per heavy atom. The van der Waals surface area contributed by atoms with Crippen LogP contribution in [-0.4, -0.2) is 69.4 Å². The number of aromatic amines is 1. The van der Waals surface area contributed by atoms with Gasteiger partial charge in [-0.2, -0.15) is 11.8 Å². The molecule has 38 heavy (non-hydrogen) atoms. The Labute approximate surface area is 227 Å². The number of carbonyl (C=O) groups is 2. The minimum atomic E-state index is -0.724. The molecule has 2 heterocycles. The number of carbonyl (C=O) groups excluding carboxylic acids is 2. The Bertz CT molecular complexity index is 1210. The molecule has 1 aromatic heterocycles. The number of H-pyrrole nitrogens is 1. The number of para-hydroxylation sites is 1. The van der Waals surface area contributed by atoms with E-state index in [4.69, 9.17) is 16.2 Å². The van der Waals surface area contributed by atoms with Crippen molar-refractivity contribution in [2.75, 3.05) is 19.6 Å². The second kappa shape index (κ2) is 13.0. The SMILES string of the molecule is Cc1cccc2c(=O)[nH]c(CSC3CCN(C(=O)[C@@H](CCCN=C(N)N)NC(=O)OC(C)(C)C)CC3)nc12. The van der Waals surface area contributed by atoms with Crippen LogP contribution in [0.25, 0.3) is 10.9 Å². The highest BCUT2D eigenvalue weighted by molar-refractivity contribution is 7.99. The van der Waals surface area contributed by atoms with Crippen LogP contribution < -0.4 is 22.3 Å². The Balaban J connectivity index is 1.56. The largest absolute Gasteiger partial charge is 0.444 e. The van der Waals surface area contributed by atoms with Crippen LogP contribution in [0.3, 0.4) is 0 Å². The molecule has 11 nitrogen and oxygen atoms in total. The number of ether oxygens (including phenoxy) is 1. The number of aryl methyl sites for hydroxylation is 1. The van der Waals surface area contributed by atoms with E-state index >= 15 is 0 Å². The summed E-state index contributed by atoms with van der Waals surface area (Å²) in [7, 11) is 0. The van der Waals surface area contributed by atoms with E-state index in [1.165, 1.54) is 0 Å². The van der Waals surface area contributed by atoms with Gasteiger partial charge >= 0.3 is 6.09 Å². The van der Waals surface area contributed by atoms with Crippen molar-refractivity contribution in [1.82, 2.24) is 20.2 Å². The van der Waals surface area contributed by atoms with E-state index in [1.54, 1.807) is 43.5 Å². The number of guanidine groups is 1. The van der Waals surface area contributed by atoms with Crippen molar-refractivity contribution >= 4 is 40.6 Å². The minimum absolute atomic E-state index is 0.00866. The van der Waals surface area contributed by atoms with Gasteiger partial charge < -0.3 is 31.4 Å². The number of hydrogen-bond acceptors (Lipinski definition) is 7. The van der Waals surface area contributed by atoms with Crippen molar-refractivity contribution < 1.29 is 14.3 Å². The molecule has 1 aromatic carbocycles. The number of hydrogen-bond donors (Lipinski definition) is 4. The quantitative estimate of drug-likeness (QED) is 0.211. The van der Waals surface area contributed by atoms with Gasteiger partial charge in [-0.1, -0.05) is 12.1 Å². The van der Waals surface area contributed by atoms with E-state index < -0.39 is 17.7 Å². The van der Waals surface area contributed by atoms with Crippen molar-refractivity contribution in [3.63, 3.8) is 0 Å². The van der Waals surface area contributed by atoms with Gasteiger partial charge in [-0.05, 0) is 65.0 Å². The first kappa shape index (κ1) is 29.3. The maximum atomic E-state index is 13.3.